The second-order valence-corrected chi connectivity index (χ2v) is 18.9. The average Bonchev–Trinajstić information content (AvgIpc) is 3.85. The topological polar surface area (TPSA) is 130 Å². The van der Waals surface area contributed by atoms with Crippen LogP contribution in [0.5, 0.6) is 0 Å². The van der Waals surface area contributed by atoms with Crippen LogP contribution in [0.25, 0.3) is 0 Å². The molecule has 12 heteroatoms. The van der Waals surface area contributed by atoms with E-state index in [4.69, 9.17) is 9.47 Å². The number of aliphatic hydroxyl groups excluding tert-OH is 1. The van der Waals surface area contributed by atoms with Crippen molar-refractivity contribution < 1.29 is 29.0 Å². The lowest BCUT2D eigenvalue weighted by Crippen LogP contribution is -2.46. The lowest BCUT2D eigenvalue weighted by atomic mass is 9.82. The molecule has 0 radical (unpaired) electrons. The molecule has 2 N–H and O–H groups in total. The van der Waals surface area contributed by atoms with E-state index in [1.54, 1.807) is 14.5 Å². The van der Waals surface area contributed by atoms with Gasteiger partial charge in [-0.05, 0) is 76.9 Å². The number of carbonyl (C=O) groups is 2. The van der Waals surface area contributed by atoms with Gasteiger partial charge >= 0.3 is 6.09 Å². The van der Waals surface area contributed by atoms with Crippen molar-refractivity contribution >= 4 is 31.7 Å². The summed E-state index contributed by atoms with van der Waals surface area (Å²) in [7, 11) is -2.90. The molecule has 0 saturated carbocycles. The molecule has 2 amide bonds. The van der Waals surface area contributed by atoms with Crippen LogP contribution < -0.4 is 9.80 Å². The molecule has 3 aromatic rings. The summed E-state index contributed by atoms with van der Waals surface area (Å²) in [5.41, 5.74) is 4.62. The number of aryl methyl sites for hydroxylation is 1. The summed E-state index contributed by atoms with van der Waals surface area (Å²) in [6.45, 7) is 13.6. The quantitative estimate of drug-likeness (QED) is 0.156. The standard InChI is InChI=1S/C39H51N5O6Si/c1-26(2)11-10-12-27(3)17-20-44-34-16-15-30(43-21-22-49-38(43)47)23-32(34)39(37(44)46)28(4)36(51(5,6)48)35(50-39)18-19-42-24-33(40-41-42)31(25-45)29-13-8-7-9-14-29/h7-9,11,13-17,23-24,28,31,35-36,45,48H,10,12,18-22,25H2,1-6H3/b27-17+/t28-,31?,35+,36-,39+/m1/s1. The third-order valence-corrected chi connectivity index (χ3v) is 13.2. The van der Waals surface area contributed by atoms with Crippen LogP contribution in [0.2, 0.25) is 18.6 Å². The second-order valence-electron chi connectivity index (χ2n) is 15.0. The van der Waals surface area contributed by atoms with Crippen LogP contribution in [0.15, 0.2) is 78.0 Å². The van der Waals surface area contributed by atoms with Crippen LogP contribution in [0.1, 0.15) is 69.7 Å². The summed E-state index contributed by atoms with van der Waals surface area (Å²) in [5, 5.41) is 18.9. The van der Waals surface area contributed by atoms with Crippen molar-refractivity contribution in [2.24, 2.45) is 5.92 Å². The zero-order valence-corrected chi connectivity index (χ0v) is 31.6. The summed E-state index contributed by atoms with van der Waals surface area (Å²) in [6, 6.07) is 15.4. The molecule has 5 atom stereocenters. The van der Waals surface area contributed by atoms with Gasteiger partial charge in [-0.1, -0.05) is 65.8 Å². The molecule has 2 aromatic carbocycles. The van der Waals surface area contributed by atoms with Gasteiger partial charge in [-0.15, -0.1) is 5.10 Å². The van der Waals surface area contributed by atoms with Crippen molar-refractivity contribution in [1.82, 2.24) is 15.0 Å². The van der Waals surface area contributed by atoms with Crippen molar-refractivity contribution in [1.29, 1.82) is 0 Å². The Kier molecular flexibility index (Phi) is 10.7. The molecule has 272 valence electrons. The van der Waals surface area contributed by atoms with Gasteiger partial charge in [-0.25, -0.2) is 4.79 Å². The summed E-state index contributed by atoms with van der Waals surface area (Å²) in [4.78, 5) is 42.7. The average molecular weight is 714 g/mol. The maximum absolute atomic E-state index is 14.9. The van der Waals surface area contributed by atoms with E-state index >= 15 is 0 Å². The van der Waals surface area contributed by atoms with E-state index in [1.807, 2.05) is 74.7 Å². The first-order valence-corrected chi connectivity index (χ1v) is 21.0. The van der Waals surface area contributed by atoms with E-state index < -0.39 is 26.1 Å². The number of amides is 2. The Hall–Kier alpha value is -4.10. The largest absolute Gasteiger partial charge is 0.447 e. The Morgan fingerprint density at radius 1 is 1.12 bits per heavy atom. The van der Waals surface area contributed by atoms with Gasteiger partial charge < -0.3 is 24.3 Å². The number of aliphatic hydroxyl groups is 1. The molecule has 0 bridgehead atoms. The van der Waals surface area contributed by atoms with E-state index in [0.29, 0.717) is 44.0 Å². The fraction of sp³-hybridized carbons (Fsp3) is 0.487. The molecule has 2 fully saturated rings. The highest BCUT2D eigenvalue weighted by Crippen LogP contribution is 2.60. The first kappa shape index (κ1) is 36.7. The molecular weight excluding hydrogens is 663 g/mol. The predicted octanol–water partition coefficient (Wildman–Crippen LogP) is 6.29. The lowest BCUT2D eigenvalue weighted by molar-refractivity contribution is -0.145. The van der Waals surface area contributed by atoms with E-state index in [0.717, 1.165) is 29.7 Å². The number of hydrogen-bond donors (Lipinski definition) is 2. The number of aromatic nitrogens is 3. The van der Waals surface area contributed by atoms with Crippen LogP contribution in [-0.2, 0) is 26.4 Å². The Morgan fingerprint density at radius 2 is 1.88 bits per heavy atom. The highest BCUT2D eigenvalue weighted by Gasteiger charge is 2.66. The van der Waals surface area contributed by atoms with Crippen LogP contribution in [0, 0.1) is 5.92 Å². The maximum Gasteiger partial charge on any atom is 0.414 e. The number of anilines is 2. The van der Waals surface area contributed by atoms with Gasteiger partial charge in [0.15, 0.2) is 13.9 Å². The minimum absolute atomic E-state index is 0.0970. The highest BCUT2D eigenvalue weighted by atomic mass is 28.4. The van der Waals surface area contributed by atoms with E-state index in [-0.39, 0.29) is 29.9 Å². The van der Waals surface area contributed by atoms with Gasteiger partial charge in [0.05, 0.1) is 36.6 Å². The third-order valence-electron chi connectivity index (χ3n) is 10.7. The number of allylic oxidation sites excluding steroid dienone is 3. The van der Waals surface area contributed by atoms with Gasteiger partial charge in [0.2, 0.25) is 0 Å². The lowest BCUT2D eigenvalue weighted by Gasteiger charge is -2.32. The summed E-state index contributed by atoms with van der Waals surface area (Å²) in [5.74, 6) is -0.799. The molecular formula is C39H51N5O6Si. The molecule has 4 heterocycles. The van der Waals surface area contributed by atoms with E-state index in [9.17, 15) is 19.5 Å². The summed E-state index contributed by atoms with van der Waals surface area (Å²) in [6.07, 6.45) is 7.66. The van der Waals surface area contributed by atoms with Crippen molar-refractivity contribution in [2.75, 3.05) is 36.1 Å². The van der Waals surface area contributed by atoms with Crippen LogP contribution in [0.3, 0.4) is 0 Å². The number of fused-ring (bicyclic) bond motifs is 2. The molecule has 0 aliphatic carbocycles. The monoisotopic (exact) mass is 713 g/mol. The molecule has 3 aliphatic heterocycles. The van der Waals surface area contributed by atoms with Crippen molar-refractivity contribution in [3.05, 3.63) is 94.8 Å². The highest BCUT2D eigenvalue weighted by molar-refractivity contribution is 6.71. The molecule has 11 nitrogen and oxygen atoms in total. The van der Waals surface area contributed by atoms with Crippen LogP contribution in [-0.4, -0.2) is 77.6 Å². The van der Waals surface area contributed by atoms with Crippen molar-refractivity contribution in [2.45, 2.75) is 89.8 Å². The van der Waals surface area contributed by atoms with Gasteiger partial charge in [0.25, 0.3) is 5.91 Å². The first-order valence-electron chi connectivity index (χ1n) is 18.0. The number of nitrogens with zero attached hydrogens (tertiary/aromatic N) is 5. The number of hydrogen-bond acceptors (Lipinski definition) is 8. The first-order chi connectivity index (χ1) is 24.3. The molecule has 51 heavy (non-hydrogen) atoms. The zero-order valence-electron chi connectivity index (χ0n) is 30.6. The number of cyclic esters (lactones) is 1. The molecule has 2 saturated heterocycles. The van der Waals surface area contributed by atoms with Crippen LogP contribution in [0.4, 0.5) is 16.2 Å². The Bertz CT molecular complexity index is 1800. The number of benzene rings is 2. The van der Waals surface area contributed by atoms with Gasteiger partial charge in [0, 0.05) is 42.0 Å². The summed E-state index contributed by atoms with van der Waals surface area (Å²) < 4.78 is 14.1. The Labute approximate surface area is 301 Å². The smallest absolute Gasteiger partial charge is 0.414 e. The Balaban J connectivity index is 1.32. The Morgan fingerprint density at radius 3 is 2.55 bits per heavy atom. The fourth-order valence-electron chi connectivity index (χ4n) is 8.15. The van der Waals surface area contributed by atoms with Gasteiger partial charge in [0.1, 0.15) is 6.61 Å². The van der Waals surface area contributed by atoms with Gasteiger partial charge in [-0.2, -0.15) is 0 Å². The van der Waals surface area contributed by atoms with E-state index in [1.165, 1.54) is 11.1 Å². The normalized spacial score (nSPS) is 24.0. The minimum atomic E-state index is -2.90. The molecule has 1 unspecified atom stereocenters. The van der Waals surface area contributed by atoms with Crippen LogP contribution >= 0.6 is 0 Å². The predicted molar refractivity (Wildman–Crippen MR) is 199 cm³/mol. The van der Waals surface area contributed by atoms with Crippen molar-refractivity contribution in [3.63, 3.8) is 0 Å². The minimum Gasteiger partial charge on any atom is -0.447 e. The molecule has 6 rings (SSSR count). The van der Waals surface area contributed by atoms with Crippen molar-refractivity contribution in [3.8, 4) is 0 Å². The summed E-state index contributed by atoms with van der Waals surface area (Å²) >= 11 is 0. The number of ether oxygens (including phenoxy) is 2. The molecule has 1 spiro atoms. The third kappa shape index (κ3) is 7.19. The van der Waals surface area contributed by atoms with E-state index in [2.05, 4.69) is 43.2 Å². The number of carbonyl (C=O) groups excluding carboxylic acids is 2. The number of rotatable bonds is 13. The zero-order chi connectivity index (χ0) is 36.5. The second kappa shape index (κ2) is 14.9. The molecule has 3 aliphatic rings. The SMILES string of the molecule is CC(C)=CCC/C(C)=C/CN1C(=O)[C@@]2(O[C@@H](CCn3cc(C(CO)c4ccccc4)nn3)[C@H]([Si](C)(C)O)[C@H]2C)c2cc(N3CCOC3=O)ccc21. The van der Waals surface area contributed by atoms with Gasteiger partial charge in [-0.3, -0.25) is 14.4 Å². The fourth-order valence-corrected chi connectivity index (χ4v) is 10.7. The molecule has 1 aromatic heterocycles. The maximum atomic E-state index is 14.9.